The second-order valence-corrected chi connectivity index (χ2v) is 2.51. The van der Waals surface area contributed by atoms with Gasteiger partial charge < -0.3 is 5.73 Å². The first kappa shape index (κ1) is 7.78. The molecule has 1 aliphatic carbocycles. The molecule has 0 amide bonds. The van der Waals surface area contributed by atoms with Crippen LogP contribution in [0, 0.1) is 5.92 Å². The molecular weight excluding hydrogens is 150 g/mol. The minimum atomic E-state index is -4.72. The highest BCUT2D eigenvalue weighted by Gasteiger charge is 2.53. The van der Waals surface area contributed by atoms with E-state index >= 15 is 0 Å². The quantitative estimate of drug-likeness (QED) is 0.569. The van der Waals surface area contributed by atoms with Gasteiger partial charge in [0.25, 0.3) is 0 Å². The van der Waals surface area contributed by atoms with Gasteiger partial charge in [0, 0.05) is 12.0 Å². The number of nitrogens with two attached hydrogens (primary N) is 1. The Labute approximate surface area is 55.2 Å². The molecule has 0 radical (unpaired) electrons. The zero-order valence-corrected chi connectivity index (χ0v) is 5.03. The maximum absolute atomic E-state index is 12.1. The molecule has 0 heterocycles. The Bertz CT molecular complexity index is 132. The van der Waals surface area contributed by atoms with Gasteiger partial charge in [0.15, 0.2) is 6.17 Å². The monoisotopic (exact) mass is 157 g/mol. The van der Waals surface area contributed by atoms with E-state index in [-0.39, 0.29) is 6.42 Å². The predicted octanol–water partition coefficient (Wildman–Crippen LogP) is 1.23. The Balaban J connectivity index is 2.42. The predicted molar refractivity (Wildman–Crippen MR) is 27.0 cm³/mol. The van der Waals surface area contributed by atoms with E-state index in [9.17, 15) is 17.6 Å². The molecule has 2 N–H and O–H groups in total. The van der Waals surface area contributed by atoms with Crippen LogP contribution in [0.25, 0.3) is 0 Å². The molecule has 5 heteroatoms. The molecule has 0 aromatic rings. The summed E-state index contributed by atoms with van der Waals surface area (Å²) >= 11 is 0. The lowest BCUT2D eigenvalue weighted by atomic mass is 10.2. The standard InChI is InChI=1S/C5H7F4N/c6-4(5(7,8)9)2-1-3(2)10/h2-4H,1,10H2/t2-,3-,4?/m1/s1. The molecule has 10 heavy (non-hydrogen) atoms. The van der Waals surface area contributed by atoms with E-state index in [2.05, 4.69) is 0 Å². The Kier molecular flexibility index (Phi) is 1.62. The number of hydrogen-bond acceptors (Lipinski definition) is 1. The fourth-order valence-electron chi connectivity index (χ4n) is 0.815. The third kappa shape index (κ3) is 1.39. The highest BCUT2D eigenvalue weighted by molar-refractivity contribution is 4.97. The highest BCUT2D eigenvalue weighted by atomic mass is 19.4. The lowest BCUT2D eigenvalue weighted by molar-refractivity contribution is -0.186. The molecule has 0 saturated heterocycles. The van der Waals surface area contributed by atoms with Crippen LogP contribution < -0.4 is 5.73 Å². The molecule has 1 aliphatic rings. The topological polar surface area (TPSA) is 26.0 Å². The van der Waals surface area contributed by atoms with E-state index < -0.39 is 24.3 Å². The van der Waals surface area contributed by atoms with Crippen LogP contribution in [0.5, 0.6) is 0 Å². The van der Waals surface area contributed by atoms with Crippen LogP contribution in [0.15, 0.2) is 0 Å². The maximum atomic E-state index is 12.1. The summed E-state index contributed by atoms with van der Waals surface area (Å²) in [5.74, 6) is -0.986. The smallest absolute Gasteiger partial charge is 0.327 e. The molecule has 0 aromatic carbocycles. The second kappa shape index (κ2) is 2.08. The number of halogens is 4. The molecule has 1 fully saturated rings. The highest BCUT2D eigenvalue weighted by Crippen LogP contribution is 2.41. The van der Waals surface area contributed by atoms with E-state index in [1.54, 1.807) is 0 Å². The average molecular weight is 157 g/mol. The van der Waals surface area contributed by atoms with Gasteiger partial charge in [0.1, 0.15) is 0 Å². The first-order valence-electron chi connectivity index (χ1n) is 2.89. The molecule has 60 valence electrons. The fourth-order valence-corrected chi connectivity index (χ4v) is 0.815. The molecule has 0 aromatic heterocycles. The lowest BCUT2D eigenvalue weighted by Gasteiger charge is -2.10. The lowest BCUT2D eigenvalue weighted by Crippen LogP contribution is -2.28. The third-order valence-corrected chi connectivity index (χ3v) is 1.58. The second-order valence-electron chi connectivity index (χ2n) is 2.51. The van der Waals surface area contributed by atoms with Gasteiger partial charge in [-0.3, -0.25) is 0 Å². The van der Waals surface area contributed by atoms with Gasteiger partial charge >= 0.3 is 6.18 Å². The first-order valence-corrected chi connectivity index (χ1v) is 2.89. The van der Waals surface area contributed by atoms with Gasteiger partial charge in [-0.25, -0.2) is 4.39 Å². The van der Waals surface area contributed by atoms with Crippen LogP contribution >= 0.6 is 0 Å². The SMILES string of the molecule is N[C@@H]1C[C@H]1C(F)C(F)(F)F. The summed E-state index contributed by atoms with van der Waals surface area (Å²) in [6.45, 7) is 0. The van der Waals surface area contributed by atoms with Crippen molar-refractivity contribution in [2.24, 2.45) is 11.7 Å². The van der Waals surface area contributed by atoms with Gasteiger partial charge in [-0.1, -0.05) is 0 Å². The molecule has 0 bridgehead atoms. The summed E-state index contributed by atoms with van der Waals surface area (Å²) in [7, 11) is 0. The molecule has 3 atom stereocenters. The van der Waals surface area contributed by atoms with Gasteiger partial charge in [-0.05, 0) is 6.42 Å². The number of rotatable bonds is 1. The minimum Gasteiger partial charge on any atom is -0.327 e. The largest absolute Gasteiger partial charge is 0.419 e. The van der Waals surface area contributed by atoms with Gasteiger partial charge in [0.05, 0.1) is 0 Å². The van der Waals surface area contributed by atoms with Crippen LogP contribution in [-0.2, 0) is 0 Å². The summed E-state index contributed by atoms with van der Waals surface area (Å²) in [4.78, 5) is 0. The van der Waals surface area contributed by atoms with Crippen LogP contribution in [0.2, 0.25) is 0 Å². The fraction of sp³-hybridized carbons (Fsp3) is 1.00. The van der Waals surface area contributed by atoms with Crippen molar-refractivity contribution in [2.75, 3.05) is 0 Å². The normalized spacial score (nSPS) is 35.7. The first-order chi connectivity index (χ1) is 4.43. The molecule has 0 spiro atoms. The molecule has 0 aliphatic heterocycles. The Morgan fingerprint density at radius 1 is 1.40 bits per heavy atom. The van der Waals surface area contributed by atoms with E-state index in [4.69, 9.17) is 5.73 Å². The van der Waals surface area contributed by atoms with Crippen LogP contribution in [0.1, 0.15) is 6.42 Å². The summed E-state index contributed by atoms with van der Waals surface area (Å²) < 4.78 is 46.6. The van der Waals surface area contributed by atoms with Crippen molar-refractivity contribution in [1.82, 2.24) is 0 Å². The van der Waals surface area contributed by atoms with Crippen molar-refractivity contribution < 1.29 is 17.6 Å². The minimum absolute atomic E-state index is 0.153. The summed E-state index contributed by atoms with van der Waals surface area (Å²) in [6, 6.07) is -0.586. The van der Waals surface area contributed by atoms with Gasteiger partial charge in [0.2, 0.25) is 0 Å². The van der Waals surface area contributed by atoms with E-state index in [1.807, 2.05) is 0 Å². The zero-order valence-electron chi connectivity index (χ0n) is 5.03. The van der Waals surface area contributed by atoms with Crippen molar-refractivity contribution in [3.05, 3.63) is 0 Å². The van der Waals surface area contributed by atoms with Crippen LogP contribution in [-0.4, -0.2) is 18.4 Å². The van der Waals surface area contributed by atoms with Crippen molar-refractivity contribution in [1.29, 1.82) is 0 Å². The van der Waals surface area contributed by atoms with Crippen LogP contribution in [0.4, 0.5) is 17.6 Å². The van der Waals surface area contributed by atoms with E-state index in [0.717, 1.165) is 0 Å². The maximum Gasteiger partial charge on any atom is 0.419 e. The van der Waals surface area contributed by atoms with Crippen molar-refractivity contribution in [3.63, 3.8) is 0 Å². The van der Waals surface area contributed by atoms with E-state index in [0.29, 0.717) is 0 Å². The third-order valence-electron chi connectivity index (χ3n) is 1.58. The van der Waals surface area contributed by atoms with E-state index in [1.165, 1.54) is 0 Å². The molecular formula is C5H7F4N. The average Bonchev–Trinajstić information content (AvgIpc) is 2.42. The zero-order chi connectivity index (χ0) is 7.94. The van der Waals surface area contributed by atoms with Gasteiger partial charge in [-0.15, -0.1) is 0 Å². The summed E-state index contributed by atoms with van der Waals surface area (Å²) in [5, 5.41) is 0. The number of alkyl halides is 4. The molecule has 1 rings (SSSR count). The molecule has 1 nitrogen and oxygen atoms in total. The Morgan fingerprint density at radius 3 is 1.90 bits per heavy atom. The van der Waals surface area contributed by atoms with Crippen molar-refractivity contribution >= 4 is 0 Å². The molecule has 1 saturated carbocycles. The Morgan fingerprint density at radius 2 is 1.80 bits per heavy atom. The van der Waals surface area contributed by atoms with Gasteiger partial charge in [-0.2, -0.15) is 13.2 Å². The van der Waals surface area contributed by atoms with Crippen molar-refractivity contribution in [3.8, 4) is 0 Å². The van der Waals surface area contributed by atoms with Crippen LogP contribution in [0.3, 0.4) is 0 Å². The number of hydrogen-bond donors (Lipinski definition) is 1. The summed E-state index contributed by atoms with van der Waals surface area (Å²) in [5.41, 5.74) is 5.02. The Hall–Kier alpha value is -0.320. The van der Waals surface area contributed by atoms with Crippen molar-refractivity contribution in [2.45, 2.75) is 24.8 Å². The molecule has 1 unspecified atom stereocenters. The summed E-state index contributed by atoms with van der Waals surface area (Å²) in [6.07, 6.45) is -7.29.